The summed E-state index contributed by atoms with van der Waals surface area (Å²) in [6, 6.07) is 3.24. The summed E-state index contributed by atoms with van der Waals surface area (Å²) in [5.41, 5.74) is -0.108. The molecule has 5 heteroatoms. The molecule has 0 atom stereocenters. The van der Waals surface area contributed by atoms with Gasteiger partial charge in [-0.05, 0) is 24.5 Å². The van der Waals surface area contributed by atoms with Crippen LogP contribution >= 0.6 is 11.6 Å². The fraction of sp³-hybridized carbons (Fsp3) is 0.538. The Kier molecular flexibility index (Phi) is 5.92. The maximum atomic E-state index is 10.9. The summed E-state index contributed by atoms with van der Waals surface area (Å²) in [7, 11) is 0. The first kappa shape index (κ1) is 14.8. The predicted octanol–water partition coefficient (Wildman–Crippen LogP) is 3.67. The Bertz CT molecular complexity index is 408. The quantitative estimate of drug-likeness (QED) is 0.742. The topological polar surface area (TPSA) is 62.2 Å². The lowest BCUT2D eigenvalue weighted by molar-refractivity contribution is 0.0691. The third kappa shape index (κ3) is 4.92. The number of rotatable bonds is 7. The third-order valence-corrected chi connectivity index (χ3v) is 2.87. The van der Waals surface area contributed by atoms with Gasteiger partial charge in [-0.1, -0.05) is 38.3 Å². The molecule has 1 heterocycles. The van der Waals surface area contributed by atoms with Crippen molar-refractivity contribution in [3.8, 4) is 0 Å². The highest BCUT2D eigenvalue weighted by Crippen LogP contribution is 2.16. The van der Waals surface area contributed by atoms with Gasteiger partial charge >= 0.3 is 5.97 Å². The van der Waals surface area contributed by atoms with Gasteiger partial charge in [-0.3, -0.25) is 0 Å². The Morgan fingerprint density at radius 2 is 2.17 bits per heavy atom. The molecule has 0 aliphatic heterocycles. The van der Waals surface area contributed by atoms with Gasteiger partial charge < -0.3 is 10.4 Å². The summed E-state index contributed by atoms with van der Waals surface area (Å²) < 4.78 is 0. The van der Waals surface area contributed by atoms with E-state index in [0.717, 1.165) is 25.3 Å². The number of carboxylic acids is 1. The fourth-order valence-corrected chi connectivity index (χ4v) is 1.77. The number of anilines is 1. The van der Waals surface area contributed by atoms with Gasteiger partial charge in [0.15, 0.2) is 5.69 Å². The number of halogens is 1. The number of pyridine rings is 1. The van der Waals surface area contributed by atoms with E-state index < -0.39 is 5.97 Å². The molecule has 0 aromatic carbocycles. The minimum atomic E-state index is -1.11. The fourth-order valence-electron chi connectivity index (χ4n) is 1.58. The molecule has 100 valence electrons. The van der Waals surface area contributed by atoms with E-state index in [1.807, 2.05) is 0 Å². The average Bonchev–Trinajstić information content (AvgIpc) is 2.30. The summed E-state index contributed by atoms with van der Waals surface area (Å²) in [6.45, 7) is 5.20. The molecule has 2 N–H and O–H groups in total. The molecule has 0 saturated heterocycles. The second-order valence-electron chi connectivity index (χ2n) is 4.65. The minimum Gasteiger partial charge on any atom is -0.476 e. The number of aromatic carboxylic acids is 1. The molecule has 0 amide bonds. The van der Waals surface area contributed by atoms with E-state index in [-0.39, 0.29) is 10.7 Å². The maximum Gasteiger partial charge on any atom is 0.356 e. The molecular formula is C13H19ClN2O2. The van der Waals surface area contributed by atoms with Crippen molar-refractivity contribution in [1.29, 1.82) is 0 Å². The molecule has 0 fully saturated rings. The minimum absolute atomic E-state index is 0.108. The number of hydrogen-bond donors (Lipinski definition) is 2. The summed E-state index contributed by atoms with van der Waals surface area (Å²) >= 11 is 5.74. The molecule has 0 bridgehead atoms. The van der Waals surface area contributed by atoms with Gasteiger partial charge in [0.25, 0.3) is 0 Å². The molecule has 0 spiro atoms. The van der Waals surface area contributed by atoms with E-state index in [4.69, 9.17) is 16.7 Å². The molecule has 0 aliphatic rings. The van der Waals surface area contributed by atoms with Crippen LogP contribution in [0.15, 0.2) is 12.1 Å². The van der Waals surface area contributed by atoms with E-state index in [2.05, 4.69) is 24.1 Å². The Morgan fingerprint density at radius 1 is 1.44 bits per heavy atom. The van der Waals surface area contributed by atoms with Crippen LogP contribution in [0.1, 0.15) is 43.6 Å². The Balaban J connectivity index is 2.43. The Labute approximate surface area is 112 Å². The van der Waals surface area contributed by atoms with E-state index in [1.54, 1.807) is 12.1 Å². The van der Waals surface area contributed by atoms with Crippen LogP contribution in [0.4, 0.5) is 5.82 Å². The largest absolute Gasteiger partial charge is 0.476 e. The lowest BCUT2D eigenvalue weighted by Crippen LogP contribution is -2.08. The molecule has 0 saturated carbocycles. The van der Waals surface area contributed by atoms with E-state index in [1.165, 1.54) is 6.42 Å². The third-order valence-electron chi connectivity index (χ3n) is 2.56. The molecule has 1 rings (SSSR count). The van der Waals surface area contributed by atoms with Crippen molar-refractivity contribution < 1.29 is 9.90 Å². The molecule has 18 heavy (non-hydrogen) atoms. The van der Waals surface area contributed by atoms with Crippen molar-refractivity contribution in [2.45, 2.75) is 33.1 Å². The molecule has 0 radical (unpaired) electrons. The highest BCUT2D eigenvalue weighted by Gasteiger charge is 2.10. The van der Waals surface area contributed by atoms with Crippen LogP contribution in [-0.2, 0) is 0 Å². The van der Waals surface area contributed by atoms with Gasteiger partial charge in [0, 0.05) is 6.54 Å². The average molecular weight is 271 g/mol. The van der Waals surface area contributed by atoms with Gasteiger partial charge in [0.2, 0.25) is 0 Å². The van der Waals surface area contributed by atoms with Crippen LogP contribution in [-0.4, -0.2) is 22.6 Å². The highest BCUT2D eigenvalue weighted by molar-refractivity contribution is 6.33. The number of aromatic nitrogens is 1. The molecular weight excluding hydrogens is 252 g/mol. The van der Waals surface area contributed by atoms with E-state index >= 15 is 0 Å². The normalized spacial score (nSPS) is 10.7. The van der Waals surface area contributed by atoms with Crippen molar-refractivity contribution in [2.75, 3.05) is 11.9 Å². The van der Waals surface area contributed by atoms with Crippen LogP contribution in [0.25, 0.3) is 0 Å². The van der Waals surface area contributed by atoms with Crippen LogP contribution in [0.3, 0.4) is 0 Å². The number of nitrogens with zero attached hydrogens (tertiary/aromatic N) is 1. The second-order valence-corrected chi connectivity index (χ2v) is 5.06. The van der Waals surface area contributed by atoms with Crippen molar-refractivity contribution in [1.82, 2.24) is 4.98 Å². The van der Waals surface area contributed by atoms with Crippen LogP contribution in [0.2, 0.25) is 5.02 Å². The van der Waals surface area contributed by atoms with Crippen molar-refractivity contribution in [2.24, 2.45) is 5.92 Å². The van der Waals surface area contributed by atoms with Gasteiger partial charge in [0.05, 0.1) is 5.02 Å². The number of carboxylic acid groups (broad SMARTS) is 1. The zero-order chi connectivity index (χ0) is 13.5. The van der Waals surface area contributed by atoms with Gasteiger partial charge in [-0.15, -0.1) is 0 Å². The highest BCUT2D eigenvalue weighted by atomic mass is 35.5. The summed E-state index contributed by atoms with van der Waals surface area (Å²) in [5.74, 6) is 0.169. The lowest BCUT2D eigenvalue weighted by Gasteiger charge is -2.08. The van der Waals surface area contributed by atoms with E-state index in [0.29, 0.717) is 5.82 Å². The molecule has 1 aromatic heterocycles. The van der Waals surface area contributed by atoms with Gasteiger partial charge in [0.1, 0.15) is 5.82 Å². The zero-order valence-corrected chi connectivity index (χ0v) is 11.5. The van der Waals surface area contributed by atoms with Crippen molar-refractivity contribution >= 4 is 23.4 Å². The van der Waals surface area contributed by atoms with Crippen molar-refractivity contribution in [3.63, 3.8) is 0 Å². The first-order valence-corrected chi connectivity index (χ1v) is 6.52. The molecule has 0 aliphatic carbocycles. The molecule has 4 nitrogen and oxygen atoms in total. The number of nitrogens with one attached hydrogen (secondary N) is 1. The monoisotopic (exact) mass is 270 g/mol. The first-order valence-electron chi connectivity index (χ1n) is 6.14. The van der Waals surface area contributed by atoms with Gasteiger partial charge in [-0.2, -0.15) is 0 Å². The number of hydrogen-bond acceptors (Lipinski definition) is 3. The van der Waals surface area contributed by atoms with Crippen LogP contribution in [0.5, 0.6) is 0 Å². The van der Waals surface area contributed by atoms with Crippen LogP contribution in [0, 0.1) is 5.92 Å². The smallest absolute Gasteiger partial charge is 0.356 e. The van der Waals surface area contributed by atoms with Crippen LogP contribution < -0.4 is 5.32 Å². The molecule has 0 unspecified atom stereocenters. The predicted molar refractivity (Wildman–Crippen MR) is 73.4 cm³/mol. The van der Waals surface area contributed by atoms with E-state index in [9.17, 15) is 4.79 Å². The SMILES string of the molecule is CC(C)CCCCNc1ccc(Cl)c(C(=O)O)n1. The molecule has 1 aromatic rings. The Hall–Kier alpha value is -1.29. The lowest BCUT2D eigenvalue weighted by atomic mass is 10.1. The number of unbranched alkanes of at least 4 members (excludes halogenated alkanes) is 1. The van der Waals surface area contributed by atoms with Gasteiger partial charge in [-0.25, -0.2) is 9.78 Å². The van der Waals surface area contributed by atoms with Crippen molar-refractivity contribution in [3.05, 3.63) is 22.8 Å². The second kappa shape index (κ2) is 7.21. The summed E-state index contributed by atoms with van der Waals surface area (Å²) in [6.07, 6.45) is 3.41. The first-order chi connectivity index (χ1) is 8.50. The number of carbonyl (C=O) groups is 1. The summed E-state index contributed by atoms with van der Waals surface area (Å²) in [4.78, 5) is 14.8. The standard InChI is InChI=1S/C13H19ClN2O2/c1-9(2)5-3-4-8-15-11-7-6-10(14)12(16-11)13(17)18/h6-7,9H,3-5,8H2,1-2H3,(H,15,16)(H,17,18). The maximum absolute atomic E-state index is 10.9. The zero-order valence-electron chi connectivity index (χ0n) is 10.7. The summed E-state index contributed by atoms with van der Waals surface area (Å²) in [5, 5.41) is 12.2. The Morgan fingerprint density at radius 3 is 2.78 bits per heavy atom.